The number of nitrogens with zero attached hydrogens (tertiary/aromatic N) is 2. The zero-order chi connectivity index (χ0) is 14.1. The average molecular weight is 304 g/mol. The molecule has 2 aromatic heterocycles. The molecule has 4 nitrogen and oxygen atoms in total. The van der Waals surface area contributed by atoms with E-state index in [1.54, 1.807) is 12.3 Å². The molecule has 0 unspecified atom stereocenters. The number of aromatic nitrogens is 2. The van der Waals surface area contributed by atoms with Crippen molar-refractivity contribution in [2.75, 3.05) is 5.32 Å². The van der Waals surface area contributed by atoms with Crippen LogP contribution in [0, 0.1) is 6.92 Å². The van der Waals surface area contributed by atoms with Crippen LogP contribution in [0.15, 0.2) is 36.5 Å². The van der Waals surface area contributed by atoms with E-state index in [0.717, 1.165) is 10.3 Å². The highest BCUT2D eigenvalue weighted by molar-refractivity contribution is 7.15. The Hall–Kier alpha value is -1.98. The fourth-order valence-electron chi connectivity index (χ4n) is 1.82. The van der Waals surface area contributed by atoms with Gasteiger partial charge >= 0.3 is 0 Å². The fraction of sp³-hybridized carbons (Fsp3) is 0.0714. The first-order chi connectivity index (χ1) is 9.63. The number of amides is 1. The van der Waals surface area contributed by atoms with Crippen molar-refractivity contribution in [3.05, 3.63) is 52.1 Å². The maximum Gasteiger partial charge on any atom is 0.276 e. The van der Waals surface area contributed by atoms with Crippen LogP contribution in [0.4, 0.5) is 5.13 Å². The minimum absolute atomic E-state index is 0.279. The lowest BCUT2D eigenvalue weighted by atomic mass is 10.2. The van der Waals surface area contributed by atoms with Crippen molar-refractivity contribution >= 4 is 44.9 Å². The van der Waals surface area contributed by atoms with Gasteiger partial charge in [0.1, 0.15) is 5.69 Å². The Morgan fingerprint density at radius 2 is 2.15 bits per heavy atom. The van der Waals surface area contributed by atoms with Crippen molar-refractivity contribution in [2.24, 2.45) is 0 Å². The van der Waals surface area contributed by atoms with E-state index in [2.05, 4.69) is 15.3 Å². The molecule has 100 valence electrons. The van der Waals surface area contributed by atoms with E-state index in [1.807, 2.05) is 31.2 Å². The second kappa shape index (κ2) is 5.19. The molecule has 1 amide bonds. The second-order valence-corrected chi connectivity index (χ2v) is 5.88. The summed E-state index contributed by atoms with van der Waals surface area (Å²) in [6.07, 6.45) is 1.71. The van der Waals surface area contributed by atoms with Gasteiger partial charge in [0.15, 0.2) is 5.13 Å². The van der Waals surface area contributed by atoms with Gasteiger partial charge in [-0.05, 0) is 19.1 Å². The SMILES string of the molecule is Cc1cnc(NC(=O)c2cc(Cl)c3ccccc3n2)s1. The van der Waals surface area contributed by atoms with Gasteiger partial charge in [-0.25, -0.2) is 9.97 Å². The van der Waals surface area contributed by atoms with Gasteiger partial charge in [0, 0.05) is 16.5 Å². The lowest BCUT2D eigenvalue weighted by Gasteiger charge is -2.04. The zero-order valence-corrected chi connectivity index (χ0v) is 12.1. The number of thiazole rings is 1. The topological polar surface area (TPSA) is 54.9 Å². The number of carbonyl (C=O) groups excluding carboxylic acids is 1. The van der Waals surface area contributed by atoms with Gasteiger partial charge in [0.05, 0.1) is 10.5 Å². The number of benzene rings is 1. The van der Waals surface area contributed by atoms with Gasteiger partial charge in [-0.3, -0.25) is 10.1 Å². The summed E-state index contributed by atoms with van der Waals surface area (Å²) in [6.45, 7) is 1.93. The van der Waals surface area contributed by atoms with Crippen LogP contribution >= 0.6 is 22.9 Å². The Morgan fingerprint density at radius 3 is 2.90 bits per heavy atom. The first-order valence-electron chi connectivity index (χ1n) is 5.92. The molecule has 0 bridgehead atoms. The van der Waals surface area contributed by atoms with Crippen molar-refractivity contribution in [3.63, 3.8) is 0 Å². The number of aryl methyl sites for hydroxylation is 1. The summed E-state index contributed by atoms with van der Waals surface area (Å²) < 4.78 is 0. The third-order valence-corrected chi connectivity index (χ3v) is 3.88. The summed E-state index contributed by atoms with van der Waals surface area (Å²) in [6, 6.07) is 9.01. The van der Waals surface area contributed by atoms with E-state index >= 15 is 0 Å². The van der Waals surface area contributed by atoms with Crippen LogP contribution in [-0.2, 0) is 0 Å². The normalized spacial score (nSPS) is 10.7. The van der Waals surface area contributed by atoms with Gasteiger partial charge < -0.3 is 0 Å². The minimum atomic E-state index is -0.313. The highest BCUT2D eigenvalue weighted by Gasteiger charge is 2.12. The number of fused-ring (bicyclic) bond motifs is 1. The van der Waals surface area contributed by atoms with Gasteiger partial charge in [-0.1, -0.05) is 29.8 Å². The van der Waals surface area contributed by atoms with Crippen LogP contribution in [-0.4, -0.2) is 15.9 Å². The maximum absolute atomic E-state index is 12.2. The lowest BCUT2D eigenvalue weighted by molar-refractivity contribution is 0.102. The van der Waals surface area contributed by atoms with Gasteiger partial charge in [-0.2, -0.15) is 0 Å². The number of hydrogen-bond donors (Lipinski definition) is 1. The first-order valence-corrected chi connectivity index (χ1v) is 7.12. The average Bonchev–Trinajstić information content (AvgIpc) is 2.84. The number of halogens is 1. The van der Waals surface area contributed by atoms with Crippen molar-refractivity contribution in [2.45, 2.75) is 6.92 Å². The second-order valence-electron chi connectivity index (χ2n) is 4.24. The van der Waals surface area contributed by atoms with Gasteiger partial charge in [-0.15, -0.1) is 11.3 Å². The van der Waals surface area contributed by atoms with E-state index < -0.39 is 0 Å². The molecule has 0 saturated heterocycles. The van der Waals surface area contributed by atoms with Crippen molar-refractivity contribution < 1.29 is 4.79 Å². The third-order valence-electron chi connectivity index (χ3n) is 2.74. The summed E-state index contributed by atoms with van der Waals surface area (Å²) in [5.74, 6) is -0.313. The molecular formula is C14H10ClN3OS. The fourth-order valence-corrected chi connectivity index (χ4v) is 2.75. The number of anilines is 1. The van der Waals surface area contributed by atoms with E-state index in [-0.39, 0.29) is 11.6 Å². The molecule has 2 heterocycles. The number of nitrogens with one attached hydrogen (secondary N) is 1. The van der Waals surface area contributed by atoms with E-state index in [1.165, 1.54) is 11.3 Å². The van der Waals surface area contributed by atoms with Crippen LogP contribution in [0.1, 0.15) is 15.4 Å². The first kappa shape index (κ1) is 13.0. The molecular weight excluding hydrogens is 294 g/mol. The molecule has 3 aromatic rings. The lowest BCUT2D eigenvalue weighted by Crippen LogP contribution is -2.13. The molecule has 6 heteroatoms. The Balaban J connectivity index is 1.95. The molecule has 3 rings (SSSR count). The van der Waals surface area contributed by atoms with Crippen molar-refractivity contribution in [1.29, 1.82) is 0 Å². The molecule has 0 aliphatic carbocycles. The quantitative estimate of drug-likeness (QED) is 0.781. The summed E-state index contributed by atoms with van der Waals surface area (Å²) in [4.78, 5) is 21.6. The van der Waals surface area contributed by atoms with E-state index in [4.69, 9.17) is 11.6 Å². The van der Waals surface area contributed by atoms with Crippen LogP contribution in [0.2, 0.25) is 5.02 Å². The number of pyridine rings is 1. The van der Waals surface area contributed by atoms with Crippen LogP contribution in [0.25, 0.3) is 10.9 Å². The predicted molar refractivity (Wildman–Crippen MR) is 81.6 cm³/mol. The van der Waals surface area contributed by atoms with Crippen molar-refractivity contribution in [1.82, 2.24) is 9.97 Å². The van der Waals surface area contributed by atoms with Crippen LogP contribution in [0.3, 0.4) is 0 Å². The molecule has 0 atom stereocenters. The number of hydrogen-bond acceptors (Lipinski definition) is 4. The van der Waals surface area contributed by atoms with Crippen molar-refractivity contribution in [3.8, 4) is 0 Å². The molecule has 0 aliphatic heterocycles. The number of carbonyl (C=O) groups is 1. The highest BCUT2D eigenvalue weighted by Crippen LogP contribution is 2.23. The maximum atomic E-state index is 12.2. The summed E-state index contributed by atoms with van der Waals surface area (Å²) in [7, 11) is 0. The zero-order valence-electron chi connectivity index (χ0n) is 10.6. The van der Waals surface area contributed by atoms with E-state index in [9.17, 15) is 4.79 Å². The molecule has 0 radical (unpaired) electrons. The monoisotopic (exact) mass is 303 g/mol. The molecule has 20 heavy (non-hydrogen) atoms. The van der Waals surface area contributed by atoms with Gasteiger partial charge in [0.2, 0.25) is 0 Å². The van der Waals surface area contributed by atoms with Crippen LogP contribution in [0.5, 0.6) is 0 Å². The Labute approximate surface area is 124 Å². The minimum Gasteiger partial charge on any atom is -0.296 e. The summed E-state index contributed by atoms with van der Waals surface area (Å²) in [5.41, 5.74) is 0.974. The Kier molecular flexibility index (Phi) is 3.38. The van der Waals surface area contributed by atoms with Crippen LogP contribution < -0.4 is 5.32 Å². The smallest absolute Gasteiger partial charge is 0.276 e. The molecule has 0 aliphatic rings. The molecule has 0 fully saturated rings. The van der Waals surface area contributed by atoms with E-state index in [0.29, 0.717) is 15.7 Å². The highest BCUT2D eigenvalue weighted by atomic mass is 35.5. The number of para-hydroxylation sites is 1. The standard InChI is InChI=1S/C14H10ClN3OS/c1-8-7-16-14(20-8)18-13(19)12-6-10(15)9-4-2-3-5-11(9)17-12/h2-7H,1H3,(H,16,18,19). The van der Waals surface area contributed by atoms with Gasteiger partial charge in [0.25, 0.3) is 5.91 Å². The predicted octanol–water partition coefficient (Wildman–Crippen LogP) is 3.91. The molecule has 1 aromatic carbocycles. The molecule has 1 N–H and O–H groups in total. The molecule has 0 saturated carbocycles. The largest absolute Gasteiger partial charge is 0.296 e. The summed E-state index contributed by atoms with van der Waals surface area (Å²) >= 11 is 7.60. The summed E-state index contributed by atoms with van der Waals surface area (Å²) in [5, 5.41) is 4.61. The Morgan fingerprint density at radius 1 is 1.35 bits per heavy atom. The molecule has 0 spiro atoms. The Bertz CT molecular complexity index is 800. The number of rotatable bonds is 2. The third kappa shape index (κ3) is 2.50.